The summed E-state index contributed by atoms with van der Waals surface area (Å²) in [6.45, 7) is 4.30. The highest BCUT2D eigenvalue weighted by Crippen LogP contribution is 2.41. The van der Waals surface area contributed by atoms with E-state index < -0.39 is 0 Å². The smallest absolute Gasteiger partial charge is 0.0989 e. The Morgan fingerprint density at radius 1 is 1.21 bits per heavy atom. The van der Waals surface area contributed by atoms with Gasteiger partial charge in [0, 0.05) is 25.0 Å². The number of fused-ring (bicyclic) bond motifs is 1. The Balaban J connectivity index is 1.27. The molecular weight excluding hydrogens is 361 g/mol. The molecule has 3 aliphatic heterocycles. The van der Waals surface area contributed by atoms with Gasteiger partial charge in [0.15, 0.2) is 0 Å². The molecule has 6 unspecified atom stereocenters. The van der Waals surface area contributed by atoms with Gasteiger partial charge >= 0.3 is 0 Å². The van der Waals surface area contributed by atoms with Crippen LogP contribution in [-0.2, 0) is 0 Å². The quantitative estimate of drug-likeness (QED) is 0.670. The molecular formula is C25H36FN3. The van der Waals surface area contributed by atoms with Crippen molar-refractivity contribution in [1.29, 1.82) is 0 Å². The molecule has 2 N–H and O–H groups in total. The normalized spacial score (nSPS) is 40.6. The van der Waals surface area contributed by atoms with Crippen molar-refractivity contribution in [2.24, 2.45) is 17.8 Å². The maximum absolute atomic E-state index is 13.9. The molecule has 0 aromatic carbocycles. The van der Waals surface area contributed by atoms with Crippen LogP contribution >= 0.6 is 0 Å². The topological polar surface area (TPSA) is 27.3 Å². The SMILES string of the molecule is CC1=C(F)CCC(C2NC=CC=C2C2CCN3C(CNC3C3C=CCCC3)C2)C1. The van der Waals surface area contributed by atoms with Crippen molar-refractivity contribution >= 4 is 0 Å². The van der Waals surface area contributed by atoms with Gasteiger partial charge in [0.05, 0.1) is 18.0 Å². The minimum Gasteiger partial charge on any atom is -0.384 e. The Morgan fingerprint density at radius 3 is 2.97 bits per heavy atom. The first-order valence-corrected chi connectivity index (χ1v) is 11.8. The molecule has 3 heterocycles. The second-order valence-corrected chi connectivity index (χ2v) is 9.85. The summed E-state index contributed by atoms with van der Waals surface area (Å²) in [5.74, 6) is 1.98. The van der Waals surface area contributed by atoms with E-state index in [-0.39, 0.29) is 5.83 Å². The van der Waals surface area contributed by atoms with E-state index in [9.17, 15) is 4.39 Å². The summed E-state index contributed by atoms with van der Waals surface area (Å²) in [6.07, 6.45) is 20.9. The van der Waals surface area contributed by atoms with Gasteiger partial charge in [0.2, 0.25) is 0 Å². The van der Waals surface area contributed by atoms with E-state index in [2.05, 4.69) is 46.0 Å². The minimum absolute atomic E-state index is 0.131. The fraction of sp³-hybridized carbons (Fsp3) is 0.680. The average Bonchev–Trinajstić information content (AvgIpc) is 3.19. The summed E-state index contributed by atoms with van der Waals surface area (Å²) in [7, 11) is 0. The Hall–Kier alpha value is -1.39. The average molecular weight is 398 g/mol. The van der Waals surface area contributed by atoms with E-state index in [1.807, 2.05) is 6.92 Å². The van der Waals surface area contributed by atoms with E-state index in [0.717, 1.165) is 25.0 Å². The van der Waals surface area contributed by atoms with Crippen LogP contribution in [0.5, 0.6) is 0 Å². The van der Waals surface area contributed by atoms with Gasteiger partial charge in [0.25, 0.3) is 0 Å². The molecule has 4 heteroatoms. The lowest BCUT2D eigenvalue weighted by molar-refractivity contribution is 0.0966. The molecule has 0 aromatic heterocycles. The summed E-state index contributed by atoms with van der Waals surface area (Å²) in [6, 6.07) is 1.04. The molecule has 29 heavy (non-hydrogen) atoms. The van der Waals surface area contributed by atoms with Crippen LogP contribution in [0, 0.1) is 17.8 Å². The zero-order chi connectivity index (χ0) is 19.8. The molecule has 0 amide bonds. The third kappa shape index (κ3) is 3.86. The number of nitrogens with zero attached hydrogens (tertiary/aromatic N) is 1. The first kappa shape index (κ1) is 19.6. The molecule has 2 fully saturated rings. The standard InChI is InChI=1S/C25H36FN3/c1-17-14-20(9-10-23(17)26)24-22(8-5-12-27-24)19-11-13-29-21(15-19)16-28-25(29)18-6-3-2-4-7-18/h3,5-6,8,12,18-21,24-25,27-28H,2,4,7,9-11,13-16H2,1H3. The molecule has 0 bridgehead atoms. The van der Waals surface area contributed by atoms with Crippen LogP contribution in [0.4, 0.5) is 4.39 Å². The summed E-state index contributed by atoms with van der Waals surface area (Å²) < 4.78 is 13.9. The van der Waals surface area contributed by atoms with E-state index in [0.29, 0.717) is 42.4 Å². The largest absolute Gasteiger partial charge is 0.384 e. The number of piperidine rings is 1. The van der Waals surface area contributed by atoms with Gasteiger partial charge in [0.1, 0.15) is 0 Å². The Bertz CT molecular complexity index is 736. The monoisotopic (exact) mass is 397 g/mol. The van der Waals surface area contributed by atoms with E-state index in [1.165, 1.54) is 38.6 Å². The van der Waals surface area contributed by atoms with Gasteiger partial charge in [-0.05, 0) is 93.5 Å². The molecule has 0 saturated carbocycles. The molecule has 3 nitrogen and oxygen atoms in total. The second kappa shape index (κ2) is 8.39. The Labute approximate surface area is 175 Å². The lowest BCUT2D eigenvalue weighted by Crippen LogP contribution is -2.49. The van der Waals surface area contributed by atoms with Gasteiger partial charge in [-0.3, -0.25) is 10.2 Å². The number of halogens is 1. The van der Waals surface area contributed by atoms with Crippen molar-refractivity contribution in [1.82, 2.24) is 15.5 Å². The number of hydrogen-bond acceptors (Lipinski definition) is 3. The maximum atomic E-state index is 13.9. The van der Waals surface area contributed by atoms with Crippen LogP contribution in [0.3, 0.4) is 0 Å². The van der Waals surface area contributed by atoms with E-state index in [1.54, 1.807) is 5.57 Å². The van der Waals surface area contributed by atoms with Crippen LogP contribution in [0.25, 0.3) is 0 Å². The number of dihydropyridines is 1. The number of allylic oxidation sites excluding steroid dienone is 5. The fourth-order valence-electron chi connectivity index (χ4n) is 6.54. The molecule has 2 aliphatic carbocycles. The van der Waals surface area contributed by atoms with Crippen LogP contribution < -0.4 is 10.6 Å². The molecule has 0 aromatic rings. The highest BCUT2D eigenvalue weighted by atomic mass is 19.1. The fourth-order valence-corrected chi connectivity index (χ4v) is 6.54. The molecule has 6 atom stereocenters. The van der Waals surface area contributed by atoms with Crippen LogP contribution in [0.2, 0.25) is 0 Å². The lowest BCUT2D eigenvalue weighted by atomic mass is 9.73. The van der Waals surface area contributed by atoms with Crippen molar-refractivity contribution in [2.45, 2.75) is 76.5 Å². The summed E-state index contributed by atoms with van der Waals surface area (Å²) in [5, 5.41) is 7.51. The van der Waals surface area contributed by atoms with Gasteiger partial charge in [-0.25, -0.2) is 4.39 Å². The predicted octanol–water partition coefficient (Wildman–Crippen LogP) is 4.81. The third-order valence-corrected chi connectivity index (χ3v) is 8.11. The molecule has 158 valence electrons. The zero-order valence-electron chi connectivity index (χ0n) is 17.7. The van der Waals surface area contributed by atoms with Crippen molar-refractivity contribution in [2.75, 3.05) is 13.1 Å². The van der Waals surface area contributed by atoms with Gasteiger partial charge in [-0.2, -0.15) is 0 Å². The second-order valence-electron chi connectivity index (χ2n) is 9.85. The molecule has 5 rings (SSSR count). The van der Waals surface area contributed by atoms with Crippen molar-refractivity contribution in [3.63, 3.8) is 0 Å². The number of nitrogens with one attached hydrogen (secondary N) is 2. The minimum atomic E-state index is 0.131. The highest BCUT2D eigenvalue weighted by Gasteiger charge is 2.43. The van der Waals surface area contributed by atoms with Crippen molar-refractivity contribution in [3.05, 3.63) is 47.5 Å². The predicted molar refractivity (Wildman–Crippen MR) is 117 cm³/mol. The van der Waals surface area contributed by atoms with Gasteiger partial charge in [-0.1, -0.05) is 18.2 Å². The van der Waals surface area contributed by atoms with Gasteiger partial charge < -0.3 is 5.32 Å². The summed E-state index contributed by atoms with van der Waals surface area (Å²) in [4.78, 5) is 2.77. The first-order valence-electron chi connectivity index (χ1n) is 11.8. The zero-order valence-corrected chi connectivity index (χ0v) is 17.7. The van der Waals surface area contributed by atoms with Crippen LogP contribution in [0.1, 0.15) is 58.3 Å². The number of hydrogen-bond donors (Lipinski definition) is 2. The highest BCUT2D eigenvalue weighted by molar-refractivity contribution is 5.29. The van der Waals surface area contributed by atoms with Crippen molar-refractivity contribution in [3.8, 4) is 0 Å². The first-order chi connectivity index (χ1) is 14.2. The summed E-state index contributed by atoms with van der Waals surface area (Å²) in [5.41, 5.74) is 2.54. The van der Waals surface area contributed by atoms with E-state index >= 15 is 0 Å². The van der Waals surface area contributed by atoms with E-state index in [4.69, 9.17) is 0 Å². The summed E-state index contributed by atoms with van der Waals surface area (Å²) >= 11 is 0. The molecule has 5 aliphatic rings. The number of rotatable bonds is 3. The molecule has 0 radical (unpaired) electrons. The molecule has 0 spiro atoms. The van der Waals surface area contributed by atoms with Crippen molar-refractivity contribution < 1.29 is 4.39 Å². The van der Waals surface area contributed by atoms with Crippen LogP contribution in [-0.4, -0.2) is 36.2 Å². The maximum Gasteiger partial charge on any atom is 0.0989 e. The Kier molecular flexibility index (Phi) is 5.66. The third-order valence-electron chi connectivity index (χ3n) is 8.11. The Morgan fingerprint density at radius 2 is 2.14 bits per heavy atom. The van der Waals surface area contributed by atoms with Gasteiger partial charge in [-0.15, -0.1) is 0 Å². The molecule has 2 saturated heterocycles. The lowest BCUT2D eigenvalue weighted by Gasteiger charge is -2.43. The van der Waals surface area contributed by atoms with Crippen LogP contribution in [0.15, 0.2) is 47.5 Å².